The maximum atomic E-state index is 13.5. The molecule has 0 radical (unpaired) electrons. The van der Waals surface area contributed by atoms with E-state index in [0.29, 0.717) is 26.4 Å². The van der Waals surface area contributed by atoms with Gasteiger partial charge in [0.15, 0.2) is 11.6 Å². The first-order valence-corrected chi connectivity index (χ1v) is 14.5. The van der Waals surface area contributed by atoms with Crippen molar-refractivity contribution in [2.45, 2.75) is 58.5 Å². The average molecular weight is 546 g/mol. The van der Waals surface area contributed by atoms with Gasteiger partial charge in [-0.15, -0.1) is 0 Å². The van der Waals surface area contributed by atoms with E-state index in [-0.39, 0.29) is 5.82 Å². The van der Waals surface area contributed by atoms with E-state index >= 15 is 0 Å². The second-order valence-electron chi connectivity index (χ2n) is 10.4. The molecule has 212 valence electrons. The summed E-state index contributed by atoms with van der Waals surface area (Å²) in [5, 5.41) is 7.31. The Balaban J connectivity index is 0.00000158. The van der Waals surface area contributed by atoms with E-state index in [1.807, 2.05) is 20.2 Å². The van der Waals surface area contributed by atoms with Crippen LogP contribution in [-0.2, 0) is 22.3 Å². The molecule has 2 aromatic rings. The Morgan fingerprint density at radius 2 is 1.75 bits per heavy atom. The van der Waals surface area contributed by atoms with Gasteiger partial charge in [-0.2, -0.15) is 0 Å². The Bertz CT molecular complexity index is 1310. The smallest absolute Gasteiger partial charge is 0.166 e. The zero-order valence-corrected chi connectivity index (χ0v) is 23.8. The molecular weight excluding hydrogens is 505 g/mol. The van der Waals surface area contributed by atoms with Crippen LogP contribution in [0, 0.1) is 5.82 Å². The van der Waals surface area contributed by atoms with Crippen LogP contribution in [0.5, 0.6) is 0 Å². The first kappa shape index (κ1) is 27.9. The van der Waals surface area contributed by atoms with Gasteiger partial charge in [0.1, 0.15) is 11.5 Å². The second-order valence-corrected chi connectivity index (χ2v) is 10.4. The summed E-state index contributed by atoms with van der Waals surface area (Å²) in [6.45, 7) is 9.44. The minimum atomic E-state index is -0.478. The summed E-state index contributed by atoms with van der Waals surface area (Å²) < 4.78 is 25.5. The minimum Gasteiger partial charge on any atom is -0.490 e. The molecule has 0 unspecified atom stereocenters. The molecule has 1 fully saturated rings. The number of aliphatic imine (C=N–C) groups is 2. The van der Waals surface area contributed by atoms with Gasteiger partial charge >= 0.3 is 0 Å². The van der Waals surface area contributed by atoms with E-state index < -0.39 is 5.66 Å². The SMILES string of the molecule is CC.CC1=CN(c2ccc(/C=C3\OCCCN=C3NC3(Nc4ccc(F)cc4)CCOCC3)c3c2CC3)C=NC1. The number of nitrogens with zero attached hydrogens (tertiary/aromatic N) is 3. The largest absolute Gasteiger partial charge is 0.490 e. The number of halogens is 1. The van der Waals surface area contributed by atoms with Crippen molar-refractivity contribution >= 4 is 29.6 Å². The molecule has 3 heterocycles. The summed E-state index contributed by atoms with van der Waals surface area (Å²) >= 11 is 0. The number of benzene rings is 2. The third-order valence-electron chi connectivity index (χ3n) is 7.53. The van der Waals surface area contributed by atoms with E-state index in [0.717, 1.165) is 55.9 Å². The van der Waals surface area contributed by atoms with Gasteiger partial charge in [-0.05, 0) is 78.4 Å². The number of hydrogen-bond acceptors (Lipinski definition) is 7. The maximum Gasteiger partial charge on any atom is 0.166 e. The third-order valence-corrected chi connectivity index (χ3v) is 7.53. The van der Waals surface area contributed by atoms with E-state index in [1.54, 1.807) is 12.1 Å². The molecular formula is C32H40FN5O2. The number of fused-ring (bicyclic) bond motifs is 1. The number of anilines is 2. The molecule has 2 aromatic carbocycles. The summed E-state index contributed by atoms with van der Waals surface area (Å²) in [5.74, 6) is 1.25. The predicted molar refractivity (Wildman–Crippen MR) is 162 cm³/mol. The summed E-state index contributed by atoms with van der Waals surface area (Å²) in [4.78, 5) is 11.5. The molecule has 0 spiro atoms. The number of amidine groups is 1. The van der Waals surface area contributed by atoms with Gasteiger partial charge in [0.05, 0.1) is 32.7 Å². The number of ether oxygens (including phenoxy) is 2. The Labute approximate surface area is 236 Å². The monoisotopic (exact) mass is 545 g/mol. The zero-order valence-electron chi connectivity index (χ0n) is 23.8. The van der Waals surface area contributed by atoms with Crippen molar-refractivity contribution in [3.8, 4) is 0 Å². The molecule has 7 nitrogen and oxygen atoms in total. The van der Waals surface area contributed by atoms with Crippen LogP contribution in [-0.4, -0.2) is 50.7 Å². The Morgan fingerprint density at radius 1 is 0.975 bits per heavy atom. The van der Waals surface area contributed by atoms with Crippen molar-refractivity contribution in [1.29, 1.82) is 0 Å². The number of rotatable bonds is 5. The van der Waals surface area contributed by atoms with E-state index in [9.17, 15) is 4.39 Å². The maximum absolute atomic E-state index is 13.5. The molecule has 40 heavy (non-hydrogen) atoms. The van der Waals surface area contributed by atoms with Crippen LogP contribution in [0.25, 0.3) is 6.08 Å². The molecule has 0 amide bonds. The van der Waals surface area contributed by atoms with Gasteiger partial charge in [0, 0.05) is 43.4 Å². The van der Waals surface area contributed by atoms with Crippen LogP contribution in [0.15, 0.2) is 63.9 Å². The van der Waals surface area contributed by atoms with E-state index in [4.69, 9.17) is 14.5 Å². The van der Waals surface area contributed by atoms with Gasteiger partial charge in [-0.1, -0.05) is 19.9 Å². The van der Waals surface area contributed by atoms with Crippen LogP contribution >= 0.6 is 0 Å². The quantitative estimate of drug-likeness (QED) is 0.446. The number of nitrogens with one attached hydrogen (secondary N) is 2. The second kappa shape index (κ2) is 12.7. The lowest BCUT2D eigenvalue weighted by Crippen LogP contribution is -2.57. The van der Waals surface area contributed by atoms with Gasteiger partial charge in [0.25, 0.3) is 0 Å². The third kappa shape index (κ3) is 6.22. The molecule has 1 saturated heterocycles. The molecule has 0 bridgehead atoms. The van der Waals surface area contributed by atoms with Gasteiger partial charge in [0.2, 0.25) is 0 Å². The van der Waals surface area contributed by atoms with Gasteiger partial charge < -0.3 is 25.0 Å². The van der Waals surface area contributed by atoms with Gasteiger partial charge in [-0.3, -0.25) is 9.98 Å². The fraction of sp³-hybridized carbons (Fsp3) is 0.438. The fourth-order valence-electron chi connectivity index (χ4n) is 5.41. The lowest BCUT2D eigenvalue weighted by atomic mass is 9.82. The van der Waals surface area contributed by atoms with E-state index in [2.05, 4.69) is 51.9 Å². The highest BCUT2D eigenvalue weighted by Gasteiger charge is 2.35. The van der Waals surface area contributed by atoms with Crippen molar-refractivity contribution < 1.29 is 13.9 Å². The molecule has 0 atom stereocenters. The number of hydrogen-bond donors (Lipinski definition) is 2. The average Bonchev–Trinajstić information content (AvgIpc) is 3.17. The Morgan fingerprint density at radius 3 is 2.48 bits per heavy atom. The normalized spacial score (nSPS) is 20.5. The Kier molecular flexibility index (Phi) is 8.85. The molecule has 6 rings (SSSR count). The predicted octanol–water partition coefficient (Wildman–Crippen LogP) is 6.07. The topological polar surface area (TPSA) is 70.5 Å². The fourth-order valence-corrected chi connectivity index (χ4v) is 5.41. The van der Waals surface area contributed by atoms with Crippen LogP contribution in [0.1, 0.15) is 56.7 Å². The van der Waals surface area contributed by atoms with E-state index in [1.165, 1.54) is 40.1 Å². The van der Waals surface area contributed by atoms with Crippen LogP contribution in [0.3, 0.4) is 0 Å². The van der Waals surface area contributed by atoms with Crippen molar-refractivity contribution in [2.24, 2.45) is 9.98 Å². The summed E-state index contributed by atoms with van der Waals surface area (Å²) in [5.41, 5.74) is 6.73. The van der Waals surface area contributed by atoms with Crippen LogP contribution in [0.4, 0.5) is 15.8 Å². The summed E-state index contributed by atoms with van der Waals surface area (Å²) in [7, 11) is 0. The molecule has 3 aliphatic heterocycles. The molecule has 2 N–H and O–H groups in total. The molecule has 1 aliphatic carbocycles. The standard InChI is InChI=1S/C30H34FN5O2.C2H6/c1-21-18-32-20-36(19-21)27-10-3-22(25-8-9-26(25)27)17-28-29(33-13-2-14-38-28)35-30(11-15-37-16-12-30)34-24-6-4-23(31)5-7-24;1-2/h3-7,10,17,19-20,34H,2,8-9,11-16,18H2,1H3,(H,33,35);1-2H3/b28-17-;. The summed E-state index contributed by atoms with van der Waals surface area (Å²) in [6.07, 6.45) is 10.7. The first-order chi connectivity index (χ1) is 19.6. The van der Waals surface area contributed by atoms with Crippen molar-refractivity contribution in [1.82, 2.24) is 5.32 Å². The van der Waals surface area contributed by atoms with Crippen molar-refractivity contribution in [3.05, 3.63) is 76.4 Å². The highest BCUT2D eigenvalue weighted by molar-refractivity contribution is 6.01. The van der Waals surface area contributed by atoms with Crippen LogP contribution in [0.2, 0.25) is 0 Å². The Hall–Kier alpha value is -3.65. The highest BCUT2D eigenvalue weighted by atomic mass is 19.1. The minimum absolute atomic E-state index is 0.252. The highest BCUT2D eigenvalue weighted by Crippen LogP contribution is 2.37. The molecule has 0 saturated carbocycles. The first-order valence-electron chi connectivity index (χ1n) is 14.5. The lowest BCUT2D eigenvalue weighted by Gasteiger charge is -2.40. The molecule has 4 aliphatic rings. The van der Waals surface area contributed by atoms with Crippen LogP contribution < -0.4 is 15.5 Å². The van der Waals surface area contributed by atoms with Gasteiger partial charge in [-0.25, -0.2) is 4.39 Å². The molecule has 0 aromatic heterocycles. The zero-order chi connectivity index (χ0) is 28.0. The van der Waals surface area contributed by atoms with Crippen molar-refractivity contribution in [3.63, 3.8) is 0 Å². The summed E-state index contributed by atoms with van der Waals surface area (Å²) in [6, 6.07) is 10.8. The van der Waals surface area contributed by atoms with Crippen molar-refractivity contribution in [2.75, 3.05) is 43.1 Å². The lowest BCUT2D eigenvalue weighted by molar-refractivity contribution is 0.0552. The molecule has 8 heteroatoms.